The Morgan fingerprint density at radius 1 is 1.30 bits per heavy atom. The number of aromatic nitrogens is 2. The van der Waals surface area contributed by atoms with Crippen LogP contribution in [0.3, 0.4) is 0 Å². The third-order valence-electron chi connectivity index (χ3n) is 3.94. The zero-order chi connectivity index (χ0) is 16.4. The van der Waals surface area contributed by atoms with E-state index in [2.05, 4.69) is 32.6 Å². The molecular formula is C16H18FIN4O. The van der Waals surface area contributed by atoms with Crippen molar-refractivity contribution >= 4 is 28.5 Å². The molecule has 2 aromatic rings. The van der Waals surface area contributed by atoms with Gasteiger partial charge < -0.3 is 4.90 Å². The quantitative estimate of drug-likeness (QED) is 0.704. The summed E-state index contributed by atoms with van der Waals surface area (Å²) in [6.45, 7) is 3.61. The molecule has 5 nitrogen and oxygen atoms in total. The highest BCUT2D eigenvalue weighted by Gasteiger charge is 2.25. The molecule has 122 valence electrons. The summed E-state index contributed by atoms with van der Waals surface area (Å²) in [7, 11) is 1.82. The van der Waals surface area contributed by atoms with E-state index in [9.17, 15) is 9.18 Å². The second-order valence-electron chi connectivity index (χ2n) is 5.70. The van der Waals surface area contributed by atoms with Gasteiger partial charge in [-0.1, -0.05) is 12.1 Å². The molecule has 1 saturated heterocycles. The summed E-state index contributed by atoms with van der Waals surface area (Å²) in [6, 6.07) is 6.67. The van der Waals surface area contributed by atoms with Crippen molar-refractivity contribution in [2.24, 2.45) is 7.05 Å². The Morgan fingerprint density at radius 3 is 2.65 bits per heavy atom. The zero-order valence-electron chi connectivity index (χ0n) is 12.9. The van der Waals surface area contributed by atoms with Crippen molar-refractivity contribution in [3.63, 3.8) is 0 Å². The van der Waals surface area contributed by atoms with Crippen molar-refractivity contribution < 1.29 is 9.18 Å². The molecule has 1 amide bonds. The number of amides is 1. The van der Waals surface area contributed by atoms with Crippen LogP contribution < -0.4 is 0 Å². The van der Waals surface area contributed by atoms with E-state index < -0.39 is 0 Å². The van der Waals surface area contributed by atoms with E-state index in [1.54, 1.807) is 16.8 Å². The van der Waals surface area contributed by atoms with Crippen LogP contribution in [0.15, 0.2) is 30.5 Å². The highest BCUT2D eigenvalue weighted by atomic mass is 127. The molecule has 1 fully saturated rings. The summed E-state index contributed by atoms with van der Waals surface area (Å²) in [4.78, 5) is 16.6. The topological polar surface area (TPSA) is 41.4 Å². The molecule has 0 saturated carbocycles. The number of hydrogen-bond donors (Lipinski definition) is 0. The SMILES string of the molecule is Cn1cc(I)c(C(=O)N2CCN(Cc3cccc(F)c3)CC2)n1. The zero-order valence-corrected chi connectivity index (χ0v) is 15.0. The van der Waals surface area contributed by atoms with E-state index in [4.69, 9.17) is 0 Å². The molecule has 23 heavy (non-hydrogen) atoms. The predicted molar refractivity (Wildman–Crippen MR) is 93.5 cm³/mol. The normalized spacial score (nSPS) is 15.9. The monoisotopic (exact) mass is 428 g/mol. The number of nitrogens with zero attached hydrogens (tertiary/aromatic N) is 4. The molecule has 0 bridgehead atoms. The van der Waals surface area contributed by atoms with Crippen LogP contribution >= 0.6 is 22.6 Å². The fraction of sp³-hybridized carbons (Fsp3) is 0.375. The number of aryl methyl sites for hydroxylation is 1. The molecule has 0 atom stereocenters. The van der Waals surface area contributed by atoms with Gasteiger partial charge in [0.1, 0.15) is 5.82 Å². The molecule has 1 aliphatic rings. The van der Waals surface area contributed by atoms with Gasteiger partial charge in [0.15, 0.2) is 5.69 Å². The fourth-order valence-electron chi connectivity index (χ4n) is 2.76. The summed E-state index contributed by atoms with van der Waals surface area (Å²) in [6.07, 6.45) is 1.84. The molecule has 1 aromatic carbocycles. The van der Waals surface area contributed by atoms with Crippen LogP contribution in [-0.2, 0) is 13.6 Å². The molecule has 0 unspecified atom stereocenters. The van der Waals surface area contributed by atoms with Gasteiger partial charge in [0.05, 0.1) is 3.57 Å². The maximum absolute atomic E-state index is 13.2. The maximum atomic E-state index is 13.2. The van der Waals surface area contributed by atoms with Crippen LogP contribution in [0, 0.1) is 9.39 Å². The Kier molecular flexibility index (Phi) is 4.96. The van der Waals surface area contributed by atoms with Crippen molar-refractivity contribution in [3.8, 4) is 0 Å². The van der Waals surface area contributed by atoms with Crippen LogP contribution in [0.1, 0.15) is 16.1 Å². The molecular weight excluding hydrogens is 410 g/mol. The Labute approximate surface area is 148 Å². The van der Waals surface area contributed by atoms with Gasteiger partial charge in [-0.15, -0.1) is 0 Å². The van der Waals surface area contributed by atoms with Crippen LogP contribution in [0.2, 0.25) is 0 Å². The lowest BCUT2D eigenvalue weighted by molar-refractivity contribution is 0.0621. The average Bonchev–Trinajstić information content (AvgIpc) is 2.86. The van der Waals surface area contributed by atoms with Crippen LogP contribution in [0.25, 0.3) is 0 Å². The summed E-state index contributed by atoms with van der Waals surface area (Å²) in [5.74, 6) is -0.221. The number of benzene rings is 1. The smallest absolute Gasteiger partial charge is 0.275 e. The third kappa shape index (κ3) is 3.89. The Bertz CT molecular complexity index is 710. The summed E-state index contributed by atoms with van der Waals surface area (Å²) in [5.41, 5.74) is 1.48. The van der Waals surface area contributed by atoms with E-state index in [1.807, 2.05) is 24.2 Å². The number of carbonyl (C=O) groups is 1. The summed E-state index contributed by atoms with van der Waals surface area (Å²) < 4.78 is 15.8. The van der Waals surface area contributed by atoms with Gasteiger partial charge in [-0.2, -0.15) is 5.10 Å². The molecule has 0 aliphatic carbocycles. The molecule has 1 aromatic heterocycles. The van der Waals surface area contributed by atoms with E-state index in [0.717, 1.165) is 22.2 Å². The van der Waals surface area contributed by atoms with Crippen LogP contribution in [-0.4, -0.2) is 51.7 Å². The van der Waals surface area contributed by atoms with E-state index in [1.165, 1.54) is 6.07 Å². The lowest BCUT2D eigenvalue weighted by Gasteiger charge is -2.34. The Hall–Kier alpha value is -1.48. The van der Waals surface area contributed by atoms with Gasteiger partial charge in [-0.25, -0.2) is 4.39 Å². The molecule has 1 aliphatic heterocycles. The van der Waals surface area contributed by atoms with Gasteiger partial charge in [-0.05, 0) is 40.3 Å². The first-order valence-corrected chi connectivity index (χ1v) is 8.56. The minimum Gasteiger partial charge on any atom is -0.335 e. The van der Waals surface area contributed by atoms with Crippen molar-refractivity contribution in [2.75, 3.05) is 26.2 Å². The van der Waals surface area contributed by atoms with Gasteiger partial charge in [0.25, 0.3) is 5.91 Å². The van der Waals surface area contributed by atoms with Crippen molar-refractivity contribution in [2.45, 2.75) is 6.54 Å². The first-order valence-electron chi connectivity index (χ1n) is 7.48. The lowest BCUT2D eigenvalue weighted by atomic mass is 10.2. The largest absolute Gasteiger partial charge is 0.335 e. The lowest BCUT2D eigenvalue weighted by Crippen LogP contribution is -2.48. The predicted octanol–water partition coefficient (Wildman–Crippen LogP) is 2.12. The minimum absolute atomic E-state index is 0.0135. The number of piperazine rings is 1. The minimum atomic E-state index is -0.207. The van der Waals surface area contributed by atoms with Gasteiger partial charge >= 0.3 is 0 Å². The van der Waals surface area contributed by atoms with Crippen molar-refractivity contribution in [3.05, 3.63) is 51.1 Å². The van der Waals surface area contributed by atoms with Crippen LogP contribution in [0.5, 0.6) is 0 Å². The molecule has 0 radical (unpaired) electrons. The first-order chi connectivity index (χ1) is 11.0. The standard InChI is InChI=1S/C16H18FIN4O/c1-20-11-14(18)15(19-20)16(23)22-7-5-21(6-8-22)10-12-3-2-4-13(17)9-12/h2-4,9,11H,5-8,10H2,1H3. The van der Waals surface area contributed by atoms with Gasteiger partial charge in [0, 0.05) is 46.0 Å². The van der Waals surface area contributed by atoms with E-state index in [0.29, 0.717) is 25.3 Å². The highest BCUT2D eigenvalue weighted by Crippen LogP contribution is 2.15. The second-order valence-corrected chi connectivity index (χ2v) is 6.86. The van der Waals surface area contributed by atoms with E-state index >= 15 is 0 Å². The number of rotatable bonds is 3. The Morgan fingerprint density at radius 2 is 2.04 bits per heavy atom. The van der Waals surface area contributed by atoms with Crippen molar-refractivity contribution in [1.29, 1.82) is 0 Å². The average molecular weight is 428 g/mol. The fourth-order valence-corrected chi connectivity index (χ4v) is 3.50. The molecule has 7 heteroatoms. The third-order valence-corrected chi connectivity index (χ3v) is 4.73. The molecule has 2 heterocycles. The van der Waals surface area contributed by atoms with Crippen molar-refractivity contribution in [1.82, 2.24) is 19.6 Å². The first kappa shape index (κ1) is 16.4. The summed E-state index contributed by atoms with van der Waals surface area (Å²) >= 11 is 2.14. The Balaban J connectivity index is 1.58. The highest BCUT2D eigenvalue weighted by molar-refractivity contribution is 14.1. The number of halogens is 2. The number of carbonyl (C=O) groups excluding carboxylic acids is 1. The molecule has 0 N–H and O–H groups in total. The van der Waals surface area contributed by atoms with E-state index in [-0.39, 0.29) is 11.7 Å². The van der Waals surface area contributed by atoms with Gasteiger partial charge in [0.2, 0.25) is 0 Å². The summed E-state index contributed by atoms with van der Waals surface area (Å²) in [5, 5.41) is 4.24. The maximum Gasteiger partial charge on any atom is 0.275 e. The molecule has 3 rings (SSSR count). The molecule has 0 spiro atoms. The number of hydrogen-bond acceptors (Lipinski definition) is 3. The second kappa shape index (κ2) is 6.96. The van der Waals surface area contributed by atoms with Gasteiger partial charge in [-0.3, -0.25) is 14.4 Å². The van der Waals surface area contributed by atoms with Crippen LogP contribution in [0.4, 0.5) is 4.39 Å².